The average molecular weight is 377 g/mol. The summed E-state index contributed by atoms with van der Waals surface area (Å²) in [7, 11) is 3.44. The molecule has 2 rings (SSSR count). The number of fused-ring (bicyclic) bond motifs is 1. The summed E-state index contributed by atoms with van der Waals surface area (Å²) in [5, 5.41) is 6.26. The summed E-state index contributed by atoms with van der Waals surface area (Å²) < 4.78 is 11.6. The van der Waals surface area contributed by atoms with E-state index in [9.17, 15) is 9.59 Å². The van der Waals surface area contributed by atoms with Gasteiger partial charge in [-0.15, -0.1) is 0 Å². The van der Waals surface area contributed by atoms with Crippen molar-refractivity contribution in [3.63, 3.8) is 0 Å². The number of nitrogens with zero attached hydrogens (tertiary/aromatic N) is 1. The first-order chi connectivity index (χ1) is 12.8. The Balaban J connectivity index is 2.34. The van der Waals surface area contributed by atoms with Crippen molar-refractivity contribution >= 4 is 17.5 Å². The molecule has 150 valence electrons. The van der Waals surface area contributed by atoms with E-state index in [0.29, 0.717) is 36.6 Å². The number of carbonyl (C=O) groups excluding carboxylic acids is 2. The van der Waals surface area contributed by atoms with E-state index in [-0.39, 0.29) is 29.9 Å². The molecule has 0 saturated heterocycles. The van der Waals surface area contributed by atoms with Gasteiger partial charge in [0.25, 0.3) is 5.91 Å². The number of anilines is 1. The fraction of sp³-hybridized carbons (Fsp3) is 0.600. The standard InChI is InChI=1S/C20H31N3O4/c1-6-19(24)22-15-7-8-16-17(9-15)27-12-14(3)21-10-13(2)18(26-5)11-23(4)20(16)25/h7-9,13-14,18,21H,6,10-12H2,1-5H3,(H,22,24)/t13-,14+,18+/m0/s1. The third-order valence-corrected chi connectivity index (χ3v) is 4.83. The maximum absolute atomic E-state index is 13.0. The largest absolute Gasteiger partial charge is 0.491 e. The van der Waals surface area contributed by atoms with Crippen LogP contribution in [0.3, 0.4) is 0 Å². The third-order valence-electron chi connectivity index (χ3n) is 4.83. The molecular formula is C20H31N3O4. The van der Waals surface area contributed by atoms with Crippen molar-refractivity contribution in [1.82, 2.24) is 10.2 Å². The highest BCUT2D eigenvalue weighted by atomic mass is 16.5. The van der Waals surface area contributed by atoms with Crippen LogP contribution in [0.25, 0.3) is 0 Å². The highest BCUT2D eigenvalue weighted by Gasteiger charge is 2.25. The molecule has 27 heavy (non-hydrogen) atoms. The molecule has 1 aliphatic heterocycles. The lowest BCUT2D eigenvalue weighted by atomic mass is 10.0. The third kappa shape index (κ3) is 5.68. The van der Waals surface area contributed by atoms with E-state index in [1.165, 1.54) is 0 Å². The molecule has 0 aliphatic carbocycles. The van der Waals surface area contributed by atoms with Gasteiger partial charge < -0.3 is 25.0 Å². The van der Waals surface area contributed by atoms with Gasteiger partial charge in [0.1, 0.15) is 12.4 Å². The van der Waals surface area contributed by atoms with Crippen LogP contribution in [0.15, 0.2) is 18.2 Å². The number of amides is 2. The Morgan fingerprint density at radius 3 is 2.81 bits per heavy atom. The van der Waals surface area contributed by atoms with Gasteiger partial charge >= 0.3 is 0 Å². The number of hydrogen-bond acceptors (Lipinski definition) is 5. The molecule has 0 saturated carbocycles. The van der Waals surface area contributed by atoms with Crippen LogP contribution in [0.2, 0.25) is 0 Å². The van der Waals surface area contributed by atoms with Gasteiger partial charge in [0.2, 0.25) is 5.91 Å². The van der Waals surface area contributed by atoms with Crippen LogP contribution < -0.4 is 15.4 Å². The summed E-state index contributed by atoms with van der Waals surface area (Å²) in [4.78, 5) is 26.3. The Labute approximate surface area is 161 Å². The Hall–Kier alpha value is -2.12. The Morgan fingerprint density at radius 1 is 1.41 bits per heavy atom. The summed E-state index contributed by atoms with van der Waals surface area (Å²) in [5.74, 6) is 0.502. The van der Waals surface area contributed by atoms with Crippen LogP contribution in [0, 0.1) is 5.92 Å². The minimum absolute atomic E-state index is 0.0643. The number of benzene rings is 1. The lowest BCUT2D eigenvalue weighted by Gasteiger charge is -2.30. The zero-order valence-electron chi connectivity index (χ0n) is 16.9. The second-order valence-electron chi connectivity index (χ2n) is 7.17. The molecule has 0 radical (unpaired) electrons. The van der Waals surface area contributed by atoms with Gasteiger partial charge in [-0.2, -0.15) is 0 Å². The highest BCUT2D eigenvalue weighted by Crippen LogP contribution is 2.26. The number of methoxy groups -OCH3 is 1. The maximum atomic E-state index is 13.0. The number of carbonyl (C=O) groups is 2. The molecule has 1 aliphatic rings. The Morgan fingerprint density at radius 2 is 2.15 bits per heavy atom. The summed E-state index contributed by atoms with van der Waals surface area (Å²) in [5.41, 5.74) is 1.09. The predicted molar refractivity (Wildman–Crippen MR) is 105 cm³/mol. The molecule has 7 heteroatoms. The molecule has 0 bridgehead atoms. The Bertz CT molecular complexity index is 665. The molecule has 0 unspecified atom stereocenters. The Kier molecular flexibility index (Phi) is 7.62. The van der Waals surface area contributed by atoms with Crippen LogP contribution in [0.5, 0.6) is 5.75 Å². The fourth-order valence-corrected chi connectivity index (χ4v) is 2.98. The lowest BCUT2D eigenvalue weighted by Crippen LogP contribution is -2.44. The molecule has 0 fully saturated rings. The molecule has 0 aromatic heterocycles. The molecule has 0 spiro atoms. The smallest absolute Gasteiger partial charge is 0.257 e. The molecular weight excluding hydrogens is 346 g/mol. The number of ether oxygens (including phenoxy) is 2. The SMILES string of the molecule is CCC(=O)Nc1ccc2c(c1)OC[C@@H](C)NC[C@H](C)[C@H](OC)CN(C)C2=O. The fourth-order valence-electron chi connectivity index (χ4n) is 2.98. The van der Waals surface area contributed by atoms with Crippen molar-refractivity contribution < 1.29 is 19.1 Å². The zero-order valence-corrected chi connectivity index (χ0v) is 16.9. The minimum atomic E-state index is -0.131. The summed E-state index contributed by atoms with van der Waals surface area (Å²) in [6, 6.07) is 5.25. The van der Waals surface area contributed by atoms with E-state index in [1.54, 1.807) is 44.2 Å². The van der Waals surface area contributed by atoms with E-state index < -0.39 is 0 Å². The van der Waals surface area contributed by atoms with Crippen molar-refractivity contribution in [2.45, 2.75) is 39.3 Å². The van der Waals surface area contributed by atoms with Gasteiger partial charge in [-0.1, -0.05) is 13.8 Å². The van der Waals surface area contributed by atoms with E-state index in [1.807, 2.05) is 6.92 Å². The molecule has 1 aromatic carbocycles. The van der Waals surface area contributed by atoms with Crippen molar-refractivity contribution in [2.75, 3.05) is 39.2 Å². The molecule has 1 aromatic rings. The summed E-state index contributed by atoms with van der Waals surface area (Å²) in [6.45, 7) is 7.61. The van der Waals surface area contributed by atoms with Crippen molar-refractivity contribution in [3.05, 3.63) is 23.8 Å². The second-order valence-corrected chi connectivity index (χ2v) is 7.17. The van der Waals surface area contributed by atoms with Crippen molar-refractivity contribution in [2.24, 2.45) is 5.92 Å². The van der Waals surface area contributed by atoms with Crippen LogP contribution in [-0.2, 0) is 9.53 Å². The van der Waals surface area contributed by atoms with Gasteiger partial charge in [0.05, 0.1) is 11.7 Å². The molecule has 2 amide bonds. The highest BCUT2D eigenvalue weighted by molar-refractivity contribution is 5.98. The number of nitrogens with one attached hydrogen (secondary N) is 2. The first-order valence-corrected chi connectivity index (χ1v) is 9.44. The molecule has 7 nitrogen and oxygen atoms in total. The quantitative estimate of drug-likeness (QED) is 0.844. The van der Waals surface area contributed by atoms with Gasteiger partial charge in [-0.3, -0.25) is 9.59 Å². The van der Waals surface area contributed by atoms with Gasteiger partial charge in [-0.25, -0.2) is 0 Å². The maximum Gasteiger partial charge on any atom is 0.257 e. The normalized spacial score (nSPS) is 24.3. The number of hydrogen-bond donors (Lipinski definition) is 2. The molecule has 1 heterocycles. The van der Waals surface area contributed by atoms with Crippen LogP contribution in [0.1, 0.15) is 37.6 Å². The van der Waals surface area contributed by atoms with Crippen LogP contribution in [-0.4, -0.2) is 62.7 Å². The van der Waals surface area contributed by atoms with Gasteiger partial charge in [0.15, 0.2) is 0 Å². The molecule has 2 N–H and O–H groups in total. The molecule has 3 atom stereocenters. The van der Waals surface area contributed by atoms with E-state index in [4.69, 9.17) is 9.47 Å². The topological polar surface area (TPSA) is 79.9 Å². The predicted octanol–water partition coefficient (Wildman–Crippen LogP) is 2.13. The van der Waals surface area contributed by atoms with E-state index >= 15 is 0 Å². The monoisotopic (exact) mass is 377 g/mol. The van der Waals surface area contributed by atoms with E-state index in [2.05, 4.69) is 17.6 Å². The van der Waals surface area contributed by atoms with Gasteiger partial charge in [-0.05, 0) is 25.0 Å². The number of rotatable bonds is 3. The number of likely N-dealkylation sites (N-methyl/N-ethyl adjacent to an activating group) is 1. The second kappa shape index (κ2) is 9.71. The zero-order chi connectivity index (χ0) is 20.0. The van der Waals surface area contributed by atoms with Crippen molar-refractivity contribution in [3.8, 4) is 5.75 Å². The van der Waals surface area contributed by atoms with Crippen LogP contribution >= 0.6 is 0 Å². The first-order valence-electron chi connectivity index (χ1n) is 9.44. The van der Waals surface area contributed by atoms with Crippen molar-refractivity contribution in [1.29, 1.82) is 0 Å². The average Bonchev–Trinajstić information content (AvgIpc) is 2.67. The summed E-state index contributed by atoms with van der Waals surface area (Å²) in [6.07, 6.45) is 0.322. The van der Waals surface area contributed by atoms with E-state index in [0.717, 1.165) is 6.54 Å². The van der Waals surface area contributed by atoms with Gasteiger partial charge in [0, 0.05) is 51.5 Å². The minimum Gasteiger partial charge on any atom is -0.491 e. The first kappa shape index (κ1) is 21.2. The lowest BCUT2D eigenvalue weighted by molar-refractivity contribution is -0.115. The van der Waals surface area contributed by atoms with Crippen LogP contribution in [0.4, 0.5) is 5.69 Å². The summed E-state index contributed by atoms with van der Waals surface area (Å²) >= 11 is 0.